The van der Waals surface area contributed by atoms with Gasteiger partial charge in [-0.05, 0) is 48.8 Å². The lowest BCUT2D eigenvalue weighted by atomic mass is 9.62. The Kier molecular flexibility index (Phi) is 3.85. The Morgan fingerprint density at radius 3 is 2.71 bits per heavy atom. The summed E-state index contributed by atoms with van der Waals surface area (Å²) in [6.45, 7) is 1.22. The highest BCUT2D eigenvalue weighted by molar-refractivity contribution is 5.80. The van der Waals surface area contributed by atoms with Crippen LogP contribution in [0, 0.1) is 22.7 Å². The fourth-order valence-electron chi connectivity index (χ4n) is 4.82. The summed E-state index contributed by atoms with van der Waals surface area (Å²) in [6.07, 6.45) is 8.04. The Morgan fingerprint density at radius 2 is 2.08 bits per heavy atom. The molecule has 1 aromatic carbocycles. The van der Waals surface area contributed by atoms with Crippen LogP contribution in [0.5, 0.6) is 0 Å². The summed E-state index contributed by atoms with van der Waals surface area (Å²) in [7, 11) is 0. The van der Waals surface area contributed by atoms with E-state index in [0.717, 1.165) is 18.4 Å². The molecule has 1 aliphatic heterocycles. The zero-order chi connectivity index (χ0) is 16.6. The van der Waals surface area contributed by atoms with Gasteiger partial charge < -0.3 is 10.1 Å². The number of benzene rings is 1. The third kappa shape index (κ3) is 2.43. The normalized spacial score (nSPS) is 30.2. The molecule has 1 spiro atoms. The number of hydrogen-bond acceptors (Lipinski definition) is 3. The first kappa shape index (κ1) is 15.7. The first-order chi connectivity index (χ1) is 11.7. The van der Waals surface area contributed by atoms with E-state index in [2.05, 4.69) is 11.4 Å². The van der Waals surface area contributed by atoms with E-state index in [1.165, 1.54) is 32.1 Å². The molecule has 2 atom stereocenters. The molecule has 0 bridgehead atoms. The summed E-state index contributed by atoms with van der Waals surface area (Å²) in [5.41, 5.74) is 1.49. The van der Waals surface area contributed by atoms with Gasteiger partial charge in [0.25, 0.3) is 0 Å². The van der Waals surface area contributed by atoms with E-state index in [0.29, 0.717) is 24.1 Å². The molecule has 1 saturated heterocycles. The number of ether oxygens (including phenoxy) is 1. The number of rotatable bonds is 4. The van der Waals surface area contributed by atoms with Gasteiger partial charge in [0.2, 0.25) is 5.91 Å². The standard InChI is InChI=1S/C20H24N2O2/c21-13-15-4-1-5-16(12-15)20(10-11-24-20)14-22-18(23)17-6-2-7-19(17)8-3-9-19/h1,4-5,12,17H,2-3,6-11,14H2,(H,22,23)/t17?,20-/m1/s1. The molecule has 1 N–H and O–H groups in total. The Bertz CT molecular complexity index is 683. The topological polar surface area (TPSA) is 62.1 Å². The minimum Gasteiger partial charge on any atom is -0.368 e. The molecule has 4 heteroatoms. The first-order valence-corrected chi connectivity index (χ1v) is 9.10. The second kappa shape index (κ2) is 5.89. The van der Waals surface area contributed by atoms with Crippen molar-refractivity contribution in [1.82, 2.24) is 5.32 Å². The number of nitrogens with zero attached hydrogens (tertiary/aromatic N) is 1. The number of carbonyl (C=O) groups is 1. The van der Waals surface area contributed by atoms with Crippen molar-refractivity contribution in [1.29, 1.82) is 5.26 Å². The Morgan fingerprint density at radius 1 is 1.29 bits per heavy atom. The van der Waals surface area contributed by atoms with Crippen LogP contribution in [0.3, 0.4) is 0 Å². The molecule has 3 aliphatic rings. The maximum atomic E-state index is 12.8. The number of hydrogen-bond donors (Lipinski definition) is 1. The maximum absolute atomic E-state index is 12.8. The molecule has 4 rings (SSSR count). The van der Waals surface area contributed by atoms with Gasteiger partial charge in [-0.25, -0.2) is 0 Å². The average molecular weight is 324 g/mol. The van der Waals surface area contributed by atoms with Crippen LogP contribution in [0.4, 0.5) is 0 Å². The molecular weight excluding hydrogens is 300 g/mol. The lowest BCUT2D eigenvalue weighted by molar-refractivity contribution is -0.157. The van der Waals surface area contributed by atoms with Crippen LogP contribution in [0.15, 0.2) is 24.3 Å². The molecule has 4 nitrogen and oxygen atoms in total. The Labute approximate surface area is 143 Å². The molecule has 126 valence electrons. The van der Waals surface area contributed by atoms with Crippen molar-refractivity contribution in [3.8, 4) is 6.07 Å². The molecule has 0 radical (unpaired) electrons. The van der Waals surface area contributed by atoms with Gasteiger partial charge in [0, 0.05) is 12.3 Å². The number of nitrogens with one attached hydrogen (secondary N) is 1. The summed E-state index contributed by atoms with van der Waals surface area (Å²) in [5.74, 6) is 0.396. The highest BCUT2D eigenvalue weighted by atomic mass is 16.5. The highest BCUT2D eigenvalue weighted by Crippen LogP contribution is 2.56. The van der Waals surface area contributed by atoms with Crippen molar-refractivity contribution < 1.29 is 9.53 Å². The Balaban J connectivity index is 1.45. The van der Waals surface area contributed by atoms with Crippen molar-refractivity contribution in [3.05, 3.63) is 35.4 Å². The van der Waals surface area contributed by atoms with E-state index in [-0.39, 0.29) is 11.8 Å². The molecule has 24 heavy (non-hydrogen) atoms. The quantitative estimate of drug-likeness (QED) is 0.924. The van der Waals surface area contributed by atoms with E-state index in [1.54, 1.807) is 6.07 Å². The monoisotopic (exact) mass is 324 g/mol. The van der Waals surface area contributed by atoms with Gasteiger partial charge in [0.1, 0.15) is 5.60 Å². The van der Waals surface area contributed by atoms with Crippen LogP contribution >= 0.6 is 0 Å². The van der Waals surface area contributed by atoms with Crippen LogP contribution in [-0.4, -0.2) is 19.1 Å². The van der Waals surface area contributed by atoms with Gasteiger partial charge in [-0.2, -0.15) is 5.26 Å². The van der Waals surface area contributed by atoms with E-state index in [9.17, 15) is 4.79 Å². The summed E-state index contributed by atoms with van der Waals surface area (Å²) in [5, 5.41) is 12.3. The van der Waals surface area contributed by atoms with Gasteiger partial charge >= 0.3 is 0 Å². The molecule has 3 fully saturated rings. The van der Waals surface area contributed by atoms with Crippen LogP contribution in [-0.2, 0) is 15.1 Å². The van der Waals surface area contributed by atoms with Gasteiger partial charge in [-0.3, -0.25) is 4.79 Å². The van der Waals surface area contributed by atoms with Crippen LogP contribution in [0.1, 0.15) is 56.1 Å². The van der Waals surface area contributed by atoms with Crippen molar-refractivity contribution in [2.24, 2.45) is 11.3 Å². The summed E-state index contributed by atoms with van der Waals surface area (Å²) in [4.78, 5) is 12.8. The number of carbonyl (C=O) groups excluding carboxylic acids is 1. The van der Waals surface area contributed by atoms with Crippen LogP contribution in [0.25, 0.3) is 0 Å². The fraction of sp³-hybridized carbons (Fsp3) is 0.600. The zero-order valence-electron chi connectivity index (χ0n) is 14.0. The number of amides is 1. The molecule has 1 amide bonds. The first-order valence-electron chi connectivity index (χ1n) is 9.10. The smallest absolute Gasteiger partial charge is 0.223 e. The van der Waals surface area contributed by atoms with Crippen LogP contribution < -0.4 is 5.32 Å². The van der Waals surface area contributed by atoms with Crippen molar-refractivity contribution in [2.45, 2.75) is 50.5 Å². The lowest BCUT2D eigenvalue weighted by Crippen LogP contribution is -2.52. The largest absolute Gasteiger partial charge is 0.368 e. The minimum absolute atomic E-state index is 0.189. The Hall–Kier alpha value is -1.86. The van der Waals surface area contributed by atoms with Crippen LogP contribution in [0.2, 0.25) is 0 Å². The molecule has 2 aliphatic carbocycles. The average Bonchev–Trinajstić information content (AvgIpc) is 2.99. The summed E-state index contributed by atoms with van der Waals surface area (Å²) < 4.78 is 5.89. The van der Waals surface area contributed by atoms with Gasteiger partial charge in [0.15, 0.2) is 0 Å². The SMILES string of the molecule is N#Cc1cccc([C@]2(CNC(=O)C3CCCC34CCC4)CCO2)c1. The van der Waals surface area contributed by atoms with Gasteiger partial charge in [-0.1, -0.05) is 25.0 Å². The predicted octanol–water partition coefficient (Wildman–Crippen LogP) is 3.26. The maximum Gasteiger partial charge on any atom is 0.223 e. The minimum atomic E-state index is -0.450. The summed E-state index contributed by atoms with van der Waals surface area (Å²) >= 11 is 0. The third-order valence-corrected chi connectivity index (χ3v) is 6.52. The molecule has 1 aromatic rings. The number of nitriles is 1. The van der Waals surface area contributed by atoms with Crippen molar-refractivity contribution in [3.63, 3.8) is 0 Å². The van der Waals surface area contributed by atoms with E-state index in [4.69, 9.17) is 10.00 Å². The molecule has 1 heterocycles. The lowest BCUT2D eigenvalue weighted by Gasteiger charge is -2.45. The second-order valence-corrected chi connectivity index (χ2v) is 7.66. The van der Waals surface area contributed by atoms with E-state index in [1.807, 2.05) is 18.2 Å². The summed E-state index contributed by atoms with van der Waals surface area (Å²) in [6, 6.07) is 9.75. The van der Waals surface area contributed by atoms with Crippen molar-refractivity contribution >= 4 is 5.91 Å². The molecule has 1 unspecified atom stereocenters. The fourth-order valence-corrected chi connectivity index (χ4v) is 4.82. The van der Waals surface area contributed by atoms with Crippen molar-refractivity contribution in [2.75, 3.05) is 13.2 Å². The predicted molar refractivity (Wildman–Crippen MR) is 90.0 cm³/mol. The van der Waals surface area contributed by atoms with E-state index >= 15 is 0 Å². The third-order valence-electron chi connectivity index (χ3n) is 6.52. The molecular formula is C20H24N2O2. The van der Waals surface area contributed by atoms with Gasteiger partial charge in [0.05, 0.1) is 24.8 Å². The van der Waals surface area contributed by atoms with E-state index < -0.39 is 5.60 Å². The second-order valence-electron chi connectivity index (χ2n) is 7.66. The molecule has 2 saturated carbocycles. The zero-order valence-corrected chi connectivity index (χ0v) is 14.0. The molecule has 0 aromatic heterocycles. The highest BCUT2D eigenvalue weighted by Gasteiger charge is 2.50. The van der Waals surface area contributed by atoms with Gasteiger partial charge in [-0.15, -0.1) is 0 Å².